The number of aryl methyl sites for hydroxylation is 1. The van der Waals surface area contributed by atoms with Crippen LogP contribution in [0.5, 0.6) is 5.75 Å². The molecule has 0 radical (unpaired) electrons. The molecule has 5 unspecified atom stereocenters. The highest BCUT2D eigenvalue weighted by molar-refractivity contribution is 8.22. The fourth-order valence-corrected chi connectivity index (χ4v) is 6.31. The molecule has 0 saturated heterocycles. The summed E-state index contributed by atoms with van der Waals surface area (Å²) in [6.07, 6.45) is 3.75. The van der Waals surface area contributed by atoms with Crippen molar-refractivity contribution in [1.29, 1.82) is 0 Å². The minimum atomic E-state index is -0.392. The molecular formula is C19H29ClO2S. The molecule has 0 bridgehead atoms. The van der Waals surface area contributed by atoms with Crippen LogP contribution in [0, 0.1) is 11.8 Å². The molecule has 2 nitrogen and oxygen atoms in total. The van der Waals surface area contributed by atoms with E-state index in [9.17, 15) is 10.2 Å². The number of aromatic hydroxyl groups is 1. The minimum absolute atomic E-state index is 0.225. The lowest BCUT2D eigenvalue weighted by Crippen LogP contribution is -2.51. The molecule has 2 aliphatic rings. The number of hydrogen-bond donors (Lipinski definition) is 2. The van der Waals surface area contributed by atoms with Gasteiger partial charge in [0, 0.05) is 0 Å². The molecule has 130 valence electrons. The number of aliphatic hydroxyl groups is 1. The van der Waals surface area contributed by atoms with E-state index >= 15 is 0 Å². The molecule has 1 aromatic carbocycles. The van der Waals surface area contributed by atoms with Gasteiger partial charge in [0.15, 0.2) is 0 Å². The van der Waals surface area contributed by atoms with Crippen LogP contribution in [0.3, 0.4) is 0 Å². The number of rotatable bonds is 2. The molecular weight excluding hydrogens is 328 g/mol. The number of phenols is 1. The summed E-state index contributed by atoms with van der Waals surface area (Å²) in [5.41, 5.74) is 2.70. The van der Waals surface area contributed by atoms with Crippen LogP contribution >= 0.6 is 21.7 Å². The van der Waals surface area contributed by atoms with Gasteiger partial charge in [0.2, 0.25) is 0 Å². The molecule has 23 heavy (non-hydrogen) atoms. The largest absolute Gasteiger partial charge is 0.508 e. The molecule has 2 aliphatic carbocycles. The molecule has 1 fully saturated rings. The number of benzene rings is 1. The van der Waals surface area contributed by atoms with Crippen LogP contribution in [0.1, 0.15) is 64.0 Å². The van der Waals surface area contributed by atoms with Gasteiger partial charge in [0.25, 0.3) is 0 Å². The van der Waals surface area contributed by atoms with Crippen molar-refractivity contribution in [2.24, 2.45) is 11.8 Å². The van der Waals surface area contributed by atoms with E-state index in [2.05, 4.69) is 13.0 Å². The smallest absolute Gasteiger partial charge is 0.115 e. The number of hydrogen-bond acceptors (Lipinski definition) is 3. The minimum Gasteiger partial charge on any atom is -0.508 e. The highest BCUT2D eigenvalue weighted by Gasteiger charge is 2.51. The third-order valence-corrected chi connectivity index (χ3v) is 7.97. The summed E-state index contributed by atoms with van der Waals surface area (Å²) in [6.45, 7) is 8.13. The monoisotopic (exact) mass is 356 g/mol. The average molecular weight is 357 g/mol. The van der Waals surface area contributed by atoms with E-state index in [-0.39, 0.29) is 4.75 Å². The quantitative estimate of drug-likeness (QED) is 0.734. The van der Waals surface area contributed by atoms with Crippen molar-refractivity contribution in [2.45, 2.75) is 70.1 Å². The van der Waals surface area contributed by atoms with E-state index in [1.54, 1.807) is 6.07 Å². The molecule has 0 spiro atoms. The Hall–Kier alpha value is -0.380. The second-order valence-corrected chi connectivity index (χ2v) is 8.10. The molecule has 4 heteroatoms. The van der Waals surface area contributed by atoms with Gasteiger partial charge in [0.1, 0.15) is 5.75 Å². The molecule has 3 rings (SSSR count). The van der Waals surface area contributed by atoms with Gasteiger partial charge in [-0.2, -0.15) is 0 Å². The number of aliphatic hydroxyl groups excluding tert-OH is 1. The van der Waals surface area contributed by atoms with Crippen LogP contribution in [0.4, 0.5) is 0 Å². The van der Waals surface area contributed by atoms with E-state index in [0.29, 0.717) is 23.5 Å². The molecule has 0 aromatic heterocycles. The van der Waals surface area contributed by atoms with Crippen LogP contribution in [-0.2, 0) is 6.42 Å². The van der Waals surface area contributed by atoms with E-state index in [0.717, 1.165) is 25.7 Å². The van der Waals surface area contributed by atoms with Gasteiger partial charge < -0.3 is 10.2 Å². The third kappa shape index (κ3) is 3.25. The zero-order chi connectivity index (χ0) is 17.2. The van der Waals surface area contributed by atoms with E-state index < -0.39 is 6.10 Å². The summed E-state index contributed by atoms with van der Waals surface area (Å²) in [7, 11) is 7.53. The van der Waals surface area contributed by atoms with Crippen LogP contribution < -0.4 is 0 Å². The highest BCUT2D eigenvalue weighted by Crippen LogP contribution is 2.57. The van der Waals surface area contributed by atoms with Crippen LogP contribution in [0.15, 0.2) is 18.2 Å². The Kier molecular flexibility index (Phi) is 6.32. The number of phenolic OH excluding ortho intramolecular Hbond substituents is 1. The van der Waals surface area contributed by atoms with Gasteiger partial charge in [-0.25, -0.2) is 0 Å². The Balaban J connectivity index is 0.000000924. The van der Waals surface area contributed by atoms with E-state index in [4.69, 9.17) is 10.7 Å². The normalized spacial score (nSPS) is 33.7. The first-order valence-electron chi connectivity index (χ1n) is 8.79. The van der Waals surface area contributed by atoms with Gasteiger partial charge in [-0.3, -0.25) is 0 Å². The zero-order valence-corrected chi connectivity index (χ0v) is 16.1. The Bertz CT molecular complexity index is 534. The molecule has 1 aromatic rings. The van der Waals surface area contributed by atoms with Gasteiger partial charge in [0.05, 0.1) is 10.9 Å². The summed E-state index contributed by atoms with van der Waals surface area (Å²) in [5, 5.41) is 20.0. The van der Waals surface area contributed by atoms with Crippen molar-refractivity contribution in [1.82, 2.24) is 0 Å². The molecule has 0 amide bonds. The fraction of sp³-hybridized carbons (Fsp3) is 0.684. The molecule has 5 atom stereocenters. The number of halogens is 1. The lowest BCUT2D eigenvalue weighted by Gasteiger charge is -2.52. The van der Waals surface area contributed by atoms with Crippen molar-refractivity contribution in [3.8, 4) is 5.75 Å². The second kappa shape index (κ2) is 7.67. The maximum atomic E-state index is 10.3. The first-order chi connectivity index (χ1) is 11.0. The van der Waals surface area contributed by atoms with Crippen molar-refractivity contribution in [3.63, 3.8) is 0 Å². The van der Waals surface area contributed by atoms with Gasteiger partial charge >= 0.3 is 0 Å². The van der Waals surface area contributed by atoms with E-state index in [1.165, 1.54) is 22.1 Å². The average Bonchev–Trinajstić information content (AvgIpc) is 2.56. The summed E-state index contributed by atoms with van der Waals surface area (Å²) in [4.78, 5) is 0. The van der Waals surface area contributed by atoms with Crippen LogP contribution in [0.2, 0.25) is 0 Å². The summed E-state index contributed by atoms with van der Waals surface area (Å²) >= 11 is 0. The van der Waals surface area contributed by atoms with Crippen LogP contribution in [0.25, 0.3) is 0 Å². The topological polar surface area (TPSA) is 40.5 Å². The van der Waals surface area contributed by atoms with Crippen molar-refractivity contribution < 1.29 is 10.2 Å². The molecule has 1 saturated carbocycles. The summed E-state index contributed by atoms with van der Waals surface area (Å²) in [5.74, 6) is 1.86. The Morgan fingerprint density at radius 1 is 1.30 bits per heavy atom. The first-order valence-corrected chi connectivity index (χ1v) is 10.4. The fourth-order valence-electron chi connectivity index (χ4n) is 4.63. The van der Waals surface area contributed by atoms with Gasteiger partial charge in [-0.1, -0.05) is 26.8 Å². The van der Waals surface area contributed by atoms with Crippen molar-refractivity contribution >= 4 is 21.7 Å². The SMILES string of the molecule is CC.CC(O)C1(SCl)CCC2c3ccc(O)cc3CCC2C1C. The summed E-state index contributed by atoms with van der Waals surface area (Å²) in [6, 6.07) is 5.82. The lowest BCUT2D eigenvalue weighted by atomic mass is 9.59. The highest BCUT2D eigenvalue weighted by atomic mass is 35.7. The summed E-state index contributed by atoms with van der Waals surface area (Å²) < 4.78 is -0.225. The van der Waals surface area contributed by atoms with Gasteiger partial charge in [-0.15, -0.1) is 0 Å². The van der Waals surface area contributed by atoms with Gasteiger partial charge in [-0.05, 0) is 95.3 Å². The van der Waals surface area contributed by atoms with Crippen LogP contribution in [-0.4, -0.2) is 21.1 Å². The second-order valence-electron chi connectivity index (χ2n) is 6.73. The Morgan fingerprint density at radius 3 is 2.61 bits per heavy atom. The predicted octanol–water partition coefficient (Wildman–Crippen LogP) is 5.50. The predicted molar refractivity (Wildman–Crippen MR) is 100 cm³/mol. The molecule has 0 heterocycles. The van der Waals surface area contributed by atoms with E-state index in [1.807, 2.05) is 26.8 Å². The standard InChI is InChI=1S/C17H23ClO2S.C2H6/c1-10-14-5-3-12-9-13(20)4-6-15(12)16(14)7-8-17(10,21-18)11(2)19;1-2/h4,6,9-11,14,16,19-20H,3,5,7-8H2,1-2H3;1-2H3. The Labute approximate surface area is 149 Å². The zero-order valence-electron chi connectivity index (χ0n) is 14.6. The molecule has 0 aliphatic heterocycles. The maximum Gasteiger partial charge on any atom is 0.115 e. The Morgan fingerprint density at radius 2 is 2.00 bits per heavy atom. The lowest BCUT2D eigenvalue weighted by molar-refractivity contribution is 0.0506. The third-order valence-electron chi connectivity index (χ3n) is 5.90. The van der Waals surface area contributed by atoms with Crippen molar-refractivity contribution in [3.05, 3.63) is 29.3 Å². The first kappa shape index (κ1) is 19.0. The molecule has 2 N–H and O–H groups in total. The maximum absolute atomic E-state index is 10.3. The number of fused-ring (bicyclic) bond motifs is 3. The van der Waals surface area contributed by atoms with Crippen molar-refractivity contribution in [2.75, 3.05) is 0 Å².